The molecule has 1 aromatic rings. The topological polar surface area (TPSA) is 98.5 Å². The Hall–Kier alpha value is -2.70. The van der Waals surface area contributed by atoms with E-state index >= 15 is 0 Å². The molecule has 1 amide bonds. The van der Waals surface area contributed by atoms with Crippen molar-refractivity contribution in [3.8, 4) is 0 Å². The highest BCUT2D eigenvalue weighted by Gasteiger charge is 2.16. The Morgan fingerprint density at radius 2 is 2.12 bits per heavy atom. The molecule has 25 heavy (non-hydrogen) atoms. The van der Waals surface area contributed by atoms with Crippen LogP contribution in [0.1, 0.15) is 48.0 Å². The summed E-state index contributed by atoms with van der Waals surface area (Å²) in [6.45, 7) is 1.69. The van der Waals surface area contributed by atoms with Gasteiger partial charge < -0.3 is 10.1 Å². The first-order chi connectivity index (χ1) is 12.0. The minimum Gasteiger partial charge on any atom is -0.452 e. The third-order valence-electron chi connectivity index (χ3n) is 4.13. The van der Waals surface area contributed by atoms with Gasteiger partial charge in [0, 0.05) is 18.2 Å². The van der Waals surface area contributed by atoms with E-state index in [9.17, 15) is 19.7 Å². The summed E-state index contributed by atoms with van der Waals surface area (Å²) in [6.07, 6.45) is 7.63. The van der Waals surface area contributed by atoms with Gasteiger partial charge in [0.05, 0.1) is 10.5 Å². The van der Waals surface area contributed by atoms with Crippen LogP contribution in [0.4, 0.5) is 5.69 Å². The molecule has 0 saturated heterocycles. The van der Waals surface area contributed by atoms with Crippen LogP contribution in [-0.4, -0.2) is 30.0 Å². The average Bonchev–Trinajstić information content (AvgIpc) is 2.60. The normalized spacial score (nSPS) is 13.7. The highest BCUT2D eigenvalue weighted by molar-refractivity contribution is 5.92. The van der Waals surface area contributed by atoms with E-state index in [4.69, 9.17) is 4.74 Å². The first kappa shape index (κ1) is 18.6. The number of carbonyl (C=O) groups excluding carboxylic acids is 2. The summed E-state index contributed by atoms with van der Waals surface area (Å²) in [4.78, 5) is 34.0. The molecule has 0 spiro atoms. The standard InChI is InChI=1S/C18H22N2O5/c1-13-7-8-15(11-16(13)20(23)24)18(22)25-12-17(21)19-10-9-14-5-3-2-4-6-14/h5,7-8,11H,2-4,6,9-10,12H2,1H3,(H,19,21). The molecule has 2 rings (SSSR count). The first-order valence-corrected chi connectivity index (χ1v) is 8.34. The molecule has 0 atom stereocenters. The molecule has 0 saturated carbocycles. The van der Waals surface area contributed by atoms with Crippen LogP contribution in [-0.2, 0) is 9.53 Å². The summed E-state index contributed by atoms with van der Waals surface area (Å²) in [7, 11) is 0. The molecule has 0 heterocycles. The molecule has 1 aromatic carbocycles. The number of rotatable bonds is 7. The predicted molar refractivity (Wildman–Crippen MR) is 92.3 cm³/mol. The van der Waals surface area contributed by atoms with Crippen LogP contribution in [0.25, 0.3) is 0 Å². The number of amides is 1. The number of allylic oxidation sites excluding steroid dienone is 1. The minimum atomic E-state index is -0.756. The molecule has 1 N–H and O–H groups in total. The molecule has 0 aromatic heterocycles. The number of benzene rings is 1. The lowest BCUT2D eigenvalue weighted by Gasteiger charge is -2.13. The Morgan fingerprint density at radius 1 is 1.32 bits per heavy atom. The molecular weight excluding hydrogens is 324 g/mol. The Balaban J connectivity index is 1.77. The van der Waals surface area contributed by atoms with Gasteiger partial charge in [0.15, 0.2) is 6.61 Å². The lowest BCUT2D eigenvalue weighted by molar-refractivity contribution is -0.385. The van der Waals surface area contributed by atoms with Crippen molar-refractivity contribution in [1.29, 1.82) is 0 Å². The second-order valence-electron chi connectivity index (χ2n) is 6.04. The number of carbonyl (C=O) groups is 2. The SMILES string of the molecule is Cc1ccc(C(=O)OCC(=O)NCCC2=CCCCC2)cc1[N+](=O)[O-]. The molecule has 0 radical (unpaired) electrons. The number of esters is 1. The Morgan fingerprint density at radius 3 is 2.80 bits per heavy atom. The van der Waals surface area contributed by atoms with E-state index in [-0.39, 0.29) is 17.2 Å². The second-order valence-corrected chi connectivity index (χ2v) is 6.04. The third kappa shape index (κ3) is 5.70. The van der Waals surface area contributed by atoms with Crippen LogP contribution >= 0.6 is 0 Å². The van der Waals surface area contributed by atoms with Crippen molar-refractivity contribution in [3.05, 3.63) is 51.1 Å². The van der Waals surface area contributed by atoms with Gasteiger partial charge in [-0.15, -0.1) is 0 Å². The number of nitrogens with zero attached hydrogens (tertiary/aromatic N) is 1. The number of hydrogen-bond donors (Lipinski definition) is 1. The summed E-state index contributed by atoms with van der Waals surface area (Å²) in [5.74, 6) is -1.14. The molecule has 0 aliphatic heterocycles. The summed E-state index contributed by atoms with van der Waals surface area (Å²) in [5, 5.41) is 13.6. The smallest absolute Gasteiger partial charge is 0.338 e. The first-order valence-electron chi connectivity index (χ1n) is 8.34. The maximum Gasteiger partial charge on any atom is 0.338 e. The van der Waals surface area contributed by atoms with E-state index in [1.54, 1.807) is 6.92 Å². The lowest BCUT2D eigenvalue weighted by Crippen LogP contribution is -2.29. The van der Waals surface area contributed by atoms with Gasteiger partial charge >= 0.3 is 5.97 Å². The van der Waals surface area contributed by atoms with E-state index in [0.717, 1.165) is 25.3 Å². The van der Waals surface area contributed by atoms with Crippen LogP contribution in [0.15, 0.2) is 29.8 Å². The molecule has 0 unspecified atom stereocenters. The zero-order chi connectivity index (χ0) is 18.2. The van der Waals surface area contributed by atoms with Gasteiger partial charge in [0.1, 0.15) is 0 Å². The maximum absolute atomic E-state index is 11.9. The van der Waals surface area contributed by atoms with Crippen molar-refractivity contribution in [2.45, 2.75) is 39.0 Å². The molecule has 1 aliphatic carbocycles. The second kappa shape index (κ2) is 8.96. The van der Waals surface area contributed by atoms with Crippen molar-refractivity contribution in [2.75, 3.05) is 13.2 Å². The highest BCUT2D eigenvalue weighted by Crippen LogP contribution is 2.20. The molecule has 0 bridgehead atoms. The summed E-state index contributed by atoms with van der Waals surface area (Å²) < 4.78 is 4.92. The van der Waals surface area contributed by atoms with E-state index in [0.29, 0.717) is 12.1 Å². The van der Waals surface area contributed by atoms with Crippen LogP contribution in [0.3, 0.4) is 0 Å². The molecule has 1 aliphatic rings. The molecule has 7 heteroatoms. The summed E-state index contributed by atoms with van der Waals surface area (Å²) in [6, 6.07) is 4.08. The van der Waals surface area contributed by atoms with Gasteiger partial charge in [-0.25, -0.2) is 4.79 Å². The summed E-state index contributed by atoms with van der Waals surface area (Å²) in [5.41, 5.74) is 1.71. The van der Waals surface area contributed by atoms with Crippen LogP contribution in [0.2, 0.25) is 0 Å². The Bertz CT molecular complexity index is 697. The van der Waals surface area contributed by atoms with Crippen LogP contribution in [0.5, 0.6) is 0 Å². The van der Waals surface area contributed by atoms with Gasteiger partial charge in [-0.05, 0) is 45.1 Å². The van der Waals surface area contributed by atoms with Gasteiger partial charge in [-0.3, -0.25) is 14.9 Å². The van der Waals surface area contributed by atoms with Gasteiger partial charge in [0.25, 0.3) is 11.6 Å². The van der Waals surface area contributed by atoms with Gasteiger partial charge in [-0.1, -0.05) is 17.7 Å². The number of nitro groups is 1. The van der Waals surface area contributed by atoms with Gasteiger partial charge in [0.2, 0.25) is 0 Å². The number of aryl methyl sites for hydroxylation is 1. The number of hydrogen-bond acceptors (Lipinski definition) is 5. The van der Waals surface area contributed by atoms with Crippen molar-refractivity contribution < 1.29 is 19.2 Å². The van der Waals surface area contributed by atoms with Crippen molar-refractivity contribution in [3.63, 3.8) is 0 Å². The average molecular weight is 346 g/mol. The quantitative estimate of drug-likeness (QED) is 0.354. The summed E-state index contributed by atoms with van der Waals surface area (Å²) >= 11 is 0. The van der Waals surface area contributed by atoms with Crippen LogP contribution in [0, 0.1) is 17.0 Å². The number of nitro benzene ring substituents is 1. The van der Waals surface area contributed by atoms with Crippen LogP contribution < -0.4 is 5.32 Å². The monoisotopic (exact) mass is 346 g/mol. The largest absolute Gasteiger partial charge is 0.452 e. The van der Waals surface area contributed by atoms with E-state index < -0.39 is 17.5 Å². The fraction of sp³-hybridized carbons (Fsp3) is 0.444. The van der Waals surface area contributed by atoms with E-state index in [1.807, 2.05) is 0 Å². The van der Waals surface area contributed by atoms with E-state index in [1.165, 1.54) is 30.5 Å². The third-order valence-corrected chi connectivity index (χ3v) is 4.13. The highest BCUT2D eigenvalue weighted by atomic mass is 16.6. The van der Waals surface area contributed by atoms with E-state index in [2.05, 4.69) is 11.4 Å². The van der Waals surface area contributed by atoms with Crippen molar-refractivity contribution in [1.82, 2.24) is 5.32 Å². The molecular formula is C18H22N2O5. The zero-order valence-electron chi connectivity index (χ0n) is 14.2. The molecule has 7 nitrogen and oxygen atoms in total. The van der Waals surface area contributed by atoms with Crippen molar-refractivity contribution >= 4 is 17.6 Å². The van der Waals surface area contributed by atoms with Gasteiger partial charge in [-0.2, -0.15) is 0 Å². The number of ether oxygens (including phenoxy) is 1. The van der Waals surface area contributed by atoms with Crippen molar-refractivity contribution in [2.24, 2.45) is 0 Å². The lowest BCUT2D eigenvalue weighted by atomic mass is 9.97. The fourth-order valence-corrected chi connectivity index (χ4v) is 2.69. The number of nitrogens with one attached hydrogen (secondary N) is 1. The Labute approximate surface area is 146 Å². The fourth-order valence-electron chi connectivity index (χ4n) is 2.69. The predicted octanol–water partition coefficient (Wildman–Crippen LogP) is 3.07. The minimum absolute atomic E-state index is 0.0532. The molecule has 0 fully saturated rings. The maximum atomic E-state index is 11.9. The molecule has 134 valence electrons. The Kier molecular flexibility index (Phi) is 6.68. The zero-order valence-corrected chi connectivity index (χ0v) is 14.2.